The highest BCUT2D eigenvalue weighted by molar-refractivity contribution is 7.99. The maximum Gasteiger partial charge on any atom is 0.123 e. The average Bonchev–Trinajstić information content (AvgIpc) is 2.51. The van der Waals surface area contributed by atoms with Crippen molar-refractivity contribution in [3.8, 4) is 5.75 Å². The van der Waals surface area contributed by atoms with Crippen LogP contribution in [0.1, 0.15) is 25.7 Å². The van der Waals surface area contributed by atoms with E-state index in [1.807, 2.05) is 42.1 Å². The highest BCUT2D eigenvalue weighted by Crippen LogP contribution is 2.33. The molecular weight excluding hydrogens is 266 g/mol. The van der Waals surface area contributed by atoms with Gasteiger partial charge in [0.05, 0.1) is 0 Å². The van der Waals surface area contributed by atoms with Gasteiger partial charge in [-0.2, -0.15) is 0 Å². The quantitative estimate of drug-likeness (QED) is 0.828. The molecule has 2 aromatic rings. The lowest BCUT2D eigenvalue weighted by Crippen LogP contribution is -2.34. The molecule has 0 radical (unpaired) electrons. The molecular formula is C17H21NOS. The molecule has 3 heteroatoms. The van der Waals surface area contributed by atoms with Gasteiger partial charge in [0.15, 0.2) is 0 Å². The largest absolute Gasteiger partial charge is 0.507 e. The fourth-order valence-electron chi connectivity index (χ4n) is 2.86. The van der Waals surface area contributed by atoms with Crippen LogP contribution in [-0.2, 0) is 0 Å². The van der Waals surface area contributed by atoms with Crippen molar-refractivity contribution in [2.24, 2.45) is 0 Å². The van der Waals surface area contributed by atoms with Gasteiger partial charge in [0, 0.05) is 16.3 Å². The molecule has 20 heavy (non-hydrogen) atoms. The minimum atomic E-state index is 0.374. The van der Waals surface area contributed by atoms with Crippen molar-refractivity contribution < 1.29 is 5.11 Å². The number of hydrogen-bond donors (Lipinski definition) is 2. The second-order valence-corrected chi connectivity index (χ2v) is 6.55. The van der Waals surface area contributed by atoms with E-state index in [0.29, 0.717) is 11.8 Å². The molecule has 106 valence electrons. The zero-order valence-electron chi connectivity index (χ0n) is 11.6. The Kier molecular flexibility index (Phi) is 4.48. The number of benzene rings is 2. The van der Waals surface area contributed by atoms with E-state index < -0.39 is 0 Å². The molecule has 2 nitrogen and oxygen atoms in total. The minimum Gasteiger partial charge on any atom is -0.507 e. The summed E-state index contributed by atoms with van der Waals surface area (Å²) in [5.74, 6) is 1.51. The van der Waals surface area contributed by atoms with Gasteiger partial charge >= 0.3 is 0 Å². The van der Waals surface area contributed by atoms with Crippen molar-refractivity contribution in [2.75, 3.05) is 12.3 Å². The number of phenols is 1. The second kappa shape index (κ2) is 6.51. The van der Waals surface area contributed by atoms with Crippen LogP contribution in [0.25, 0.3) is 10.8 Å². The van der Waals surface area contributed by atoms with E-state index in [2.05, 4.69) is 11.4 Å². The van der Waals surface area contributed by atoms with E-state index in [0.717, 1.165) is 16.5 Å². The molecule has 2 N–H and O–H groups in total. The third-order valence-corrected chi connectivity index (χ3v) is 5.10. The highest BCUT2D eigenvalue weighted by Gasteiger charge is 2.12. The van der Waals surface area contributed by atoms with Gasteiger partial charge < -0.3 is 10.4 Å². The van der Waals surface area contributed by atoms with Crippen LogP contribution in [0, 0.1) is 0 Å². The van der Waals surface area contributed by atoms with E-state index in [4.69, 9.17) is 0 Å². The molecule has 1 atom stereocenters. The molecule has 1 aliphatic heterocycles. The van der Waals surface area contributed by atoms with Crippen LogP contribution >= 0.6 is 11.8 Å². The van der Waals surface area contributed by atoms with Gasteiger partial charge in [0.2, 0.25) is 0 Å². The number of nitrogens with one attached hydrogen (secondary N) is 1. The van der Waals surface area contributed by atoms with E-state index >= 15 is 0 Å². The van der Waals surface area contributed by atoms with Crippen molar-refractivity contribution in [1.29, 1.82) is 0 Å². The van der Waals surface area contributed by atoms with Crippen LogP contribution in [0.5, 0.6) is 5.75 Å². The molecule has 3 rings (SSSR count). The Morgan fingerprint density at radius 1 is 1.10 bits per heavy atom. The highest BCUT2D eigenvalue weighted by atomic mass is 32.2. The summed E-state index contributed by atoms with van der Waals surface area (Å²) < 4.78 is 0. The fourth-order valence-corrected chi connectivity index (χ4v) is 3.98. The Bertz CT molecular complexity index is 578. The Morgan fingerprint density at radius 3 is 2.75 bits per heavy atom. The molecule has 0 saturated carbocycles. The molecule has 0 aliphatic carbocycles. The second-order valence-electron chi connectivity index (χ2n) is 5.41. The van der Waals surface area contributed by atoms with Gasteiger partial charge in [-0.25, -0.2) is 0 Å². The zero-order valence-corrected chi connectivity index (χ0v) is 12.5. The summed E-state index contributed by atoms with van der Waals surface area (Å²) in [5.41, 5.74) is 0. The van der Waals surface area contributed by atoms with E-state index in [1.165, 1.54) is 37.1 Å². The number of rotatable bonds is 4. The maximum atomic E-state index is 9.91. The predicted molar refractivity (Wildman–Crippen MR) is 86.6 cm³/mol. The van der Waals surface area contributed by atoms with Gasteiger partial charge in [-0.3, -0.25) is 0 Å². The smallest absolute Gasteiger partial charge is 0.123 e. The summed E-state index contributed by atoms with van der Waals surface area (Å²) in [7, 11) is 0. The molecule has 1 aliphatic rings. The molecule has 1 heterocycles. The number of piperidine rings is 1. The number of phenolic OH excluding ortho intramolecular Hbond substituents is 1. The van der Waals surface area contributed by atoms with Crippen LogP contribution in [0.3, 0.4) is 0 Å². The summed E-state index contributed by atoms with van der Waals surface area (Å²) in [6, 6.07) is 12.6. The SMILES string of the molecule is Oc1ccc(SCCC2CCCCN2)c2ccccc12. The molecule has 1 saturated heterocycles. The first-order chi connectivity index (χ1) is 9.84. The van der Waals surface area contributed by atoms with E-state index in [1.54, 1.807) is 0 Å². The van der Waals surface area contributed by atoms with Crippen molar-refractivity contribution in [2.45, 2.75) is 36.6 Å². The van der Waals surface area contributed by atoms with Crippen LogP contribution in [-0.4, -0.2) is 23.4 Å². The first kappa shape index (κ1) is 13.8. The van der Waals surface area contributed by atoms with Gasteiger partial charge in [0.1, 0.15) is 5.75 Å². The first-order valence-corrected chi connectivity index (χ1v) is 8.40. The maximum absolute atomic E-state index is 9.91. The standard InChI is InChI=1S/C17H21NOS/c19-16-8-9-17(15-7-2-1-6-14(15)16)20-12-10-13-5-3-4-11-18-13/h1-2,6-9,13,18-19H,3-5,10-12H2. The Balaban J connectivity index is 1.67. The molecule has 0 aromatic heterocycles. The number of aromatic hydroxyl groups is 1. The fraction of sp³-hybridized carbons (Fsp3) is 0.412. The van der Waals surface area contributed by atoms with Gasteiger partial charge in [0.25, 0.3) is 0 Å². The molecule has 2 aromatic carbocycles. The topological polar surface area (TPSA) is 32.3 Å². The van der Waals surface area contributed by atoms with Crippen LogP contribution in [0.2, 0.25) is 0 Å². The first-order valence-electron chi connectivity index (χ1n) is 7.41. The van der Waals surface area contributed by atoms with Gasteiger partial charge in [-0.15, -0.1) is 11.8 Å². The monoisotopic (exact) mass is 287 g/mol. The molecule has 0 spiro atoms. The average molecular weight is 287 g/mol. The van der Waals surface area contributed by atoms with Crippen molar-refractivity contribution in [3.63, 3.8) is 0 Å². The lowest BCUT2D eigenvalue weighted by Gasteiger charge is -2.23. The Morgan fingerprint density at radius 2 is 1.95 bits per heavy atom. The summed E-state index contributed by atoms with van der Waals surface area (Å²) in [6.07, 6.45) is 5.23. The molecule has 1 unspecified atom stereocenters. The Hall–Kier alpha value is -1.19. The lowest BCUT2D eigenvalue weighted by atomic mass is 10.0. The summed E-state index contributed by atoms with van der Waals surface area (Å²) >= 11 is 1.90. The summed E-state index contributed by atoms with van der Waals surface area (Å²) in [5, 5.41) is 15.6. The molecule has 0 bridgehead atoms. The number of thioether (sulfide) groups is 1. The Labute approximate surface area is 124 Å². The van der Waals surface area contributed by atoms with Crippen LogP contribution < -0.4 is 5.32 Å². The van der Waals surface area contributed by atoms with Crippen molar-refractivity contribution in [1.82, 2.24) is 5.32 Å². The van der Waals surface area contributed by atoms with Crippen molar-refractivity contribution >= 4 is 22.5 Å². The molecule has 1 fully saturated rings. The summed E-state index contributed by atoms with van der Waals surface area (Å²) in [4.78, 5) is 1.27. The van der Waals surface area contributed by atoms with Gasteiger partial charge in [-0.05, 0) is 49.1 Å². The zero-order chi connectivity index (χ0) is 13.8. The van der Waals surface area contributed by atoms with E-state index in [-0.39, 0.29) is 0 Å². The summed E-state index contributed by atoms with van der Waals surface area (Å²) in [6.45, 7) is 1.18. The predicted octanol–water partition coefficient (Wildman–Crippen LogP) is 4.17. The third-order valence-electron chi connectivity index (χ3n) is 4.00. The normalized spacial score (nSPS) is 19.3. The van der Waals surface area contributed by atoms with Gasteiger partial charge in [-0.1, -0.05) is 30.7 Å². The third kappa shape index (κ3) is 3.10. The lowest BCUT2D eigenvalue weighted by molar-refractivity contribution is 0.395. The molecule has 0 amide bonds. The number of hydrogen-bond acceptors (Lipinski definition) is 3. The number of fused-ring (bicyclic) bond motifs is 1. The van der Waals surface area contributed by atoms with Crippen molar-refractivity contribution in [3.05, 3.63) is 36.4 Å². The van der Waals surface area contributed by atoms with Crippen LogP contribution in [0.15, 0.2) is 41.3 Å². The van der Waals surface area contributed by atoms with E-state index in [9.17, 15) is 5.11 Å². The minimum absolute atomic E-state index is 0.374. The van der Waals surface area contributed by atoms with Crippen LogP contribution in [0.4, 0.5) is 0 Å².